The van der Waals surface area contributed by atoms with Crippen LogP contribution < -0.4 is 4.57 Å². The van der Waals surface area contributed by atoms with Gasteiger partial charge in [0, 0.05) is 5.56 Å². The van der Waals surface area contributed by atoms with Crippen molar-refractivity contribution in [2.24, 2.45) is 0 Å². The van der Waals surface area contributed by atoms with E-state index < -0.39 is 5.97 Å². The van der Waals surface area contributed by atoms with E-state index in [1.165, 1.54) is 30.1 Å². The van der Waals surface area contributed by atoms with Crippen molar-refractivity contribution in [3.05, 3.63) is 53.6 Å². The largest absolute Gasteiger partial charge is 0.465 e. The molecule has 0 spiro atoms. The lowest BCUT2D eigenvalue weighted by atomic mass is 10.0. The molecule has 0 saturated carbocycles. The molecule has 2 aromatic rings. The number of hydrogen-bond donors (Lipinski definition) is 0. The van der Waals surface area contributed by atoms with Gasteiger partial charge in [0.05, 0.1) is 7.11 Å². The molecule has 0 aliphatic rings. The molecule has 4 nitrogen and oxygen atoms in total. The number of aromatic nitrogens is 1. The van der Waals surface area contributed by atoms with Crippen LogP contribution in [-0.2, 0) is 16.0 Å². The Bertz CT molecular complexity index is 698. The van der Waals surface area contributed by atoms with Crippen molar-refractivity contribution in [3.63, 3.8) is 0 Å². The second-order valence-electron chi connectivity index (χ2n) is 4.52. The summed E-state index contributed by atoms with van der Waals surface area (Å²) in [5.41, 5.74) is 1.99. The Kier molecular flexibility index (Phi) is 4.42. The van der Waals surface area contributed by atoms with Gasteiger partial charge in [-0.2, -0.15) is 0 Å². The number of hydrogen-bond acceptors (Lipinski definition) is 3. The van der Waals surface area contributed by atoms with E-state index in [-0.39, 0.29) is 11.4 Å². The van der Waals surface area contributed by atoms with E-state index in [0.717, 1.165) is 0 Å². The van der Waals surface area contributed by atoms with E-state index in [9.17, 15) is 14.0 Å². The summed E-state index contributed by atoms with van der Waals surface area (Å²) in [6.07, 6.45) is 4.05. The highest BCUT2D eigenvalue weighted by molar-refractivity contribution is 5.90. The quantitative estimate of drug-likeness (QED) is 0.492. The summed E-state index contributed by atoms with van der Waals surface area (Å²) in [5, 5.41) is 0. The van der Waals surface area contributed by atoms with Gasteiger partial charge < -0.3 is 4.74 Å². The van der Waals surface area contributed by atoms with Gasteiger partial charge in [-0.1, -0.05) is 19.1 Å². The van der Waals surface area contributed by atoms with Crippen LogP contribution in [0.15, 0.2) is 36.7 Å². The maximum Gasteiger partial charge on any atom is 0.380 e. The molecule has 2 rings (SSSR count). The maximum absolute atomic E-state index is 13.9. The van der Waals surface area contributed by atoms with Crippen molar-refractivity contribution in [2.75, 3.05) is 7.11 Å². The molecule has 0 N–H and O–H groups in total. The van der Waals surface area contributed by atoms with E-state index in [0.29, 0.717) is 29.5 Å². The Balaban J connectivity index is 2.54. The fourth-order valence-corrected chi connectivity index (χ4v) is 2.06. The Morgan fingerprint density at radius 2 is 2.05 bits per heavy atom. The zero-order valence-electron chi connectivity index (χ0n) is 11.8. The highest BCUT2D eigenvalue weighted by atomic mass is 19.1. The Labute approximate surface area is 121 Å². The van der Waals surface area contributed by atoms with Crippen LogP contribution >= 0.6 is 0 Å². The van der Waals surface area contributed by atoms with Crippen LogP contribution in [0.2, 0.25) is 0 Å². The zero-order chi connectivity index (χ0) is 15.4. The number of aryl methyl sites for hydroxylation is 1. The highest BCUT2D eigenvalue weighted by Gasteiger charge is 2.15. The van der Waals surface area contributed by atoms with Crippen molar-refractivity contribution in [3.8, 4) is 11.1 Å². The minimum Gasteiger partial charge on any atom is -0.465 e. The van der Waals surface area contributed by atoms with Gasteiger partial charge in [0.2, 0.25) is 0 Å². The number of carbonyl (C=O) groups excluding carboxylic acids is 2. The van der Waals surface area contributed by atoms with Gasteiger partial charge in [-0.15, -0.1) is 4.57 Å². The highest BCUT2D eigenvalue weighted by Crippen LogP contribution is 2.22. The SMILES string of the molecule is CCc1ccc(-c2cc(C(=O)OC)c[n+](C=O)c2)cc1F. The third-order valence-corrected chi connectivity index (χ3v) is 3.20. The van der Waals surface area contributed by atoms with Crippen LogP contribution in [0.25, 0.3) is 11.1 Å². The summed E-state index contributed by atoms with van der Waals surface area (Å²) < 4.78 is 19.7. The number of rotatable bonds is 4. The average Bonchev–Trinajstić information content (AvgIpc) is 2.53. The Morgan fingerprint density at radius 1 is 1.29 bits per heavy atom. The molecule has 0 unspecified atom stereocenters. The number of esters is 1. The third-order valence-electron chi connectivity index (χ3n) is 3.20. The fraction of sp³-hybridized carbons (Fsp3) is 0.188. The van der Waals surface area contributed by atoms with Crippen molar-refractivity contribution in [1.82, 2.24) is 0 Å². The summed E-state index contributed by atoms with van der Waals surface area (Å²) >= 11 is 0. The predicted molar refractivity (Wildman–Crippen MR) is 74.9 cm³/mol. The van der Waals surface area contributed by atoms with Gasteiger partial charge in [-0.3, -0.25) is 0 Å². The van der Waals surface area contributed by atoms with E-state index in [1.807, 2.05) is 6.92 Å². The van der Waals surface area contributed by atoms with Crippen LogP contribution in [0.4, 0.5) is 4.39 Å². The molecule has 1 aromatic carbocycles. The molecule has 0 atom stereocenters. The lowest BCUT2D eigenvalue weighted by Crippen LogP contribution is -2.33. The van der Waals surface area contributed by atoms with Gasteiger partial charge >= 0.3 is 12.4 Å². The summed E-state index contributed by atoms with van der Waals surface area (Å²) in [5.74, 6) is -0.866. The molecule has 0 saturated heterocycles. The van der Waals surface area contributed by atoms with Crippen molar-refractivity contribution in [1.29, 1.82) is 0 Å². The van der Waals surface area contributed by atoms with Gasteiger partial charge in [0.1, 0.15) is 11.4 Å². The summed E-state index contributed by atoms with van der Waals surface area (Å²) in [6, 6.07) is 6.41. The average molecular weight is 288 g/mol. The second-order valence-corrected chi connectivity index (χ2v) is 4.52. The van der Waals surface area contributed by atoms with Crippen LogP contribution in [0, 0.1) is 5.82 Å². The first-order chi connectivity index (χ1) is 10.1. The number of ether oxygens (including phenoxy) is 1. The lowest BCUT2D eigenvalue weighted by Gasteiger charge is -2.05. The molecule has 5 heteroatoms. The fourth-order valence-electron chi connectivity index (χ4n) is 2.06. The summed E-state index contributed by atoms with van der Waals surface area (Å²) in [6.45, 7) is 1.87. The monoisotopic (exact) mass is 288 g/mol. The topological polar surface area (TPSA) is 47.2 Å². The maximum atomic E-state index is 13.9. The molecule has 1 aromatic heterocycles. The van der Waals surface area contributed by atoms with Crippen molar-refractivity contribution >= 4 is 12.4 Å². The molecule has 0 amide bonds. The molecule has 0 radical (unpaired) electrons. The number of nitrogens with zero attached hydrogens (tertiary/aromatic N) is 1. The molecule has 21 heavy (non-hydrogen) atoms. The Morgan fingerprint density at radius 3 is 2.62 bits per heavy atom. The van der Waals surface area contributed by atoms with Crippen LogP contribution in [-0.4, -0.2) is 19.5 Å². The molecule has 1 heterocycles. The van der Waals surface area contributed by atoms with Gasteiger partial charge in [-0.05, 0) is 29.7 Å². The molecular formula is C16H15FNO3+. The number of halogens is 1. The molecule has 0 fully saturated rings. The summed E-state index contributed by atoms with van der Waals surface area (Å²) in [4.78, 5) is 22.6. The number of pyridine rings is 1. The number of benzene rings is 1. The lowest BCUT2D eigenvalue weighted by molar-refractivity contribution is -0.552. The minimum atomic E-state index is -0.557. The molecule has 0 aliphatic heterocycles. The van der Waals surface area contributed by atoms with Crippen LogP contribution in [0.5, 0.6) is 0 Å². The first-order valence-electron chi connectivity index (χ1n) is 6.47. The van der Waals surface area contributed by atoms with Crippen LogP contribution in [0.1, 0.15) is 22.8 Å². The van der Waals surface area contributed by atoms with Gasteiger partial charge in [0.25, 0.3) is 0 Å². The zero-order valence-corrected chi connectivity index (χ0v) is 11.8. The molecule has 0 aliphatic carbocycles. The van der Waals surface area contributed by atoms with Crippen LogP contribution in [0.3, 0.4) is 0 Å². The third kappa shape index (κ3) is 3.13. The van der Waals surface area contributed by atoms with Crippen molar-refractivity contribution < 1.29 is 23.3 Å². The second kappa shape index (κ2) is 6.26. The first kappa shape index (κ1) is 14.8. The van der Waals surface area contributed by atoms with Crippen molar-refractivity contribution in [2.45, 2.75) is 13.3 Å². The van der Waals surface area contributed by atoms with E-state index in [4.69, 9.17) is 0 Å². The molecular weight excluding hydrogens is 273 g/mol. The number of carbonyl (C=O) groups is 2. The Hall–Kier alpha value is -2.56. The smallest absolute Gasteiger partial charge is 0.380 e. The van der Waals surface area contributed by atoms with E-state index in [2.05, 4.69) is 4.74 Å². The normalized spacial score (nSPS) is 10.2. The summed E-state index contributed by atoms with van der Waals surface area (Å²) in [7, 11) is 1.26. The van der Waals surface area contributed by atoms with E-state index >= 15 is 0 Å². The van der Waals surface area contributed by atoms with E-state index in [1.54, 1.807) is 18.2 Å². The predicted octanol–water partition coefficient (Wildman–Crippen LogP) is 2.17. The molecule has 0 bridgehead atoms. The standard InChI is InChI=1S/C16H15FNO3/c1-3-11-4-5-12(7-15(11)17)13-6-14(16(20)21-2)9-18(8-13)10-19/h4-10H,3H2,1-2H3/q+1. The molecule has 108 valence electrons. The minimum absolute atomic E-state index is 0.224. The van der Waals surface area contributed by atoms with Gasteiger partial charge in [0.15, 0.2) is 12.4 Å². The first-order valence-corrected chi connectivity index (χ1v) is 6.47. The van der Waals surface area contributed by atoms with Gasteiger partial charge in [-0.25, -0.2) is 14.0 Å². The number of methoxy groups -OCH3 is 1.